The number of hydrogen-bond donors (Lipinski definition) is 3. The summed E-state index contributed by atoms with van der Waals surface area (Å²) in [6.45, 7) is 2.00. The van der Waals surface area contributed by atoms with Gasteiger partial charge < -0.3 is 15.7 Å². The van der Waals surface area contributed by atoms with Crippen molar-refractivity contribution in [2.75, 3.05) is 10.6 Å². The van der Waals surface area contributed by atoms with Gasteiger partial charge >= 0.3 is 0 Å². The van der Waals surface area contributed by atoms with Crippen LogP contribution in [-0.2, 0) is 4.79 Å². The molecule has 2 aliphatic rings. The standard InChI is InChI=1S/C22H23BrN2O2/c1-2-4-21(27)24-14-8-9-19-17(12-14)15-5-3-6-16(15)22(25-19)18-11-13(23)7-10-20(18)26/h3,5,7-12,15-16,22,25-26H,2,4,6H2,1H3,(H,24,27). The summed E-state index contributed by atoms with van der Waals surface area (Å²) >= 11 is 3.52. The van der Waals surface area contributed by atoms with Crippen LogP contribution in [-0.4, -0.2) is 11.0 Å². The average Bonchev–Trinajstić information content (AvgIpc) is 3.13. The maximum absolute atomic E-state index is 11.9. The molecule has 0 aromatic heterocycles. The molecule has 0 spiro atoms. The lowest BCUT2D eigenvalue weighted by Crippen LogP contribution is -2.29. The van der Waals surface area contributed by atoms with E-state index >= 15 is 0 Å². The molecule has 3 atom stereocenters. The molecule has 4 rings (SSSR count). The summed E-state index contributed by atoms with van der Waals surface area (Å²) in [7, 11) is 0. The lowest BCUT2D eigenvalue weighted by Gasteiger charge is -2.38. The van der Waals surface area contributed by atoms with Crippen LogP contribution in [0.15, 0.2) is 53.0 Å². The Labute approximate surface area is 167 Å². The van der Waals surface area contributed by atoms with Gasteiger partial charge in [-0.3, -0.25) is 4.79 Å². The largest absolute Gasteiger partial charge is 0.508 e. The second kappa shape index (κ2) is 7.39. The Bertz CT molecular complexity index is 909. The van der Waals surface area contributed by atoms with Gasteiger partial charge in [-0.05, 0) is 60.7 Å². The van der Waals surface area contributed by atoms with Crippen LogP contribution in [0.1, 0.15) is 49.3 Å². The van der Waals surface area contributed by atoms with Crippen molar-refractivity contribution in [1.82, 2.24) is 0 Å². The number of halogens is 1. The maximum atomic E-state index is 11.9. The van der Waals surface area contributed by atoms with Gasteiger partial charge in [0.15, 0.2) is 0 Å². The predicted molar refractivity (Wildman–Crippen MR) is 112 cm³/mol. The number of carbonyl (C=O) groups is 1. The summed E-state index contributed by atoms with van der Waals surface area (Å²) in [5, 5.41) is 17.0. The third-order valence-corrected chi connectivity index (χ3v) is 5.94. The van der Waals surface area contributed by atoms with Crippen LogP contribution in [0.3, 0.4) is 0 Å². The van der Waals surface area contributed by atoms with E-state index in [0.29, 0.717) is 18.1 Å². The third kappa shape index (κ3) is 3.48. The molecular weight excluding hydrogens is 404 g/mol. The number of carbonyl (C=O) groups excluding carboxylic acids is 1. The normalized spacial score (nSPS) is 22.7. The highest BCUT2D eigenvalue weighted by Crippen LogP contribution is 2.51. The minimum Gasteiger partial charge on any atom is -0.508 e. The van der Waals surface area contributed by atoms with E-state index in [2.05, 4.69) is 44.8 Å². The molecule has 2 aromatic carbocycles. The molecule has 0 bridgehead atoms. The fraction of sp³-hybridized carbons (Fsp3) is 0.318. The van der Waals surface area contributed by atoms with Crippen LogP contribution in [0.4, 0.5) is 11.4 Å². The van der Waals surface area contributed by atoms with E-state index in [1.54, 1.807) is 6.07 Å². The maximum Gasteiger partial charge on any atom is 0.224 e. The molecule has 0 saturated carbocycles. The molecule has 0 fully saturated rings. The van der Waals surface area contributed by atoms with Crippen molar-refractivity contribution >= 4 is 33.2 Å². The van der Waals surface area contributed by atoms with Gasteiger partial charge in [0.05, 0.1) is 6.04 Å². The van der Waals surface area contributed by atoms with Crippen molar-refractivity contribution in [1.29, 1.82) is 0 Å². The van der Waals surface area contributed by atoms with E-state index in [9.17, 15) is 9.90 Å². The Hall–Kier alpha value is -2.27. The van der Waals surface area contributed by atoms with Crippen molar-refractivity contribution in [3.05, 3.63) is 64.1 Å². The lowest BCUT2D eigenvalue weighted by atomic mass is 9.76. The molecule has 0 saturated heterocycles. The van der Waals surface area contributed by atoms with Crippen molar-refractivity contribution < 1.29 is 9.90 Å². The molecule has 3 N–H and O–H groups in total. The van der Waals surface area contributed by atoms with Crippen LogP contribution in [0, 0.1) is 5.92 Å². The minimum atomic E-state index is 0.0375. The van der Waals surface area contributed by atoms with Crippen molar-refractivity contribution in [2.24, 2.45) is 5.92 Å². The number of anilines is 2. The summed E-state index contributed by atoms with van der Waals surface area (Å²) < 4.78 is 0.958. The zero-order valence-corrected chi connectivity index (χ0v) is 16.8. The zero-order valence-electron chi connectivity index (χ0n) is 15.2. The van der Waals surface area contributed by atoms with Crippen LogP contribution >= 0.6 is 15.9 Å². The number of rotatable bonds is 4. The molecule has 1 amide bonds. The molecular formula is C22H23BrN2O2. The van der Waals surface area contributed by atoms with Crippen LogP contribution in [0.5, 0.6) is 5.75 Å². The first-order valence-corrected chi connectivity index (χ1v) is 10.2. The monoisotopic (exact) mass is 426 g/mol. The second-order valence-corrected chi connectivity index (χ2v) is 8.19. The van der Waals surface area contributed by atoms with Gasteiger partial charge in [-0.25, -0.2) is 0 Å². The third-order valence-electron chi connectivity index (χ3n) is 5.45. The fourth-order valence-electron chi connectivity index (χ4n) is 4.21. The number of nitrogens with one attached hydrogen (secondary N) is 2. The Morgan fingerprint density at radius 1 is 1.26 bits per heavy atom. The van der Waals surface area contributed by atoms with E-state index in [-0.39, 0.29) is 17.9 Å². The number of phenolic OH excluding ortho intramolecular Hbond substituents is 1. The predicted octanol–water partition coefficient (Wildman–Crippen LogP) is 5.72. The van der Waals surface area contributed by atoms with Crippen molar-refractivity contribution in [3.63, 3.8) is 0 Å². The van der Waals surface area contributed by atoms with Crippen molar-refractivity contribution in [2.45, 2.75) is 38.1 Å². The number of hydrogen-bond acceptors (Lipinski definition) is 3. The van der Waals surface area contributed by atoms with Crippen molar-refractivity contribution in [3.8, 4) is 5.75 Å². The van der Waals surface area contributed by atoms with Gasteiger partial charge in [0.2, 0.25) is 5.91 Å². The Morgan fingerprint density at radius 2 is 2.11 bits per heavy atom. The summed E-state index contributed by atoms with van der Waals surface area (Å²) in [5.41, 5.74) is 4.01. The number of benzene rings is 2. The quantitative estimate of drug-likeness (QED) is 0.547. The first kappa shape index (κ1) is 18.1. The molecule has 140 valence electrons. The molecule has 1 aliphatic carbocycles. The van der Waals surface area contributed by atoms with E-state index < -0.39 is 0 Å². The number of aromatic hydroxyl groups is 1. The molecule has 5 heteroatoms. The van der Waals surface area contributed by atoms with Gasteiger partial charge in [-0.1, -0.05) is 35.0 Å². The van der Waals surface area contributed by atoms with Crippen LogP contribution in [0.25, 0.3) is 0 Å². The van der Waals surface area contributed by atoms with E-state index in [1.807, 2.05) is 31.2 Å². The number of phenols is 1. The minimum absolute atomic E-state index is 0.0375. The van der Waals surface area contributed by atoms with Gasteiger partial charge in [0.25, 0.3) is 0 Å². The summed E-state index contributed by atoms with van der Waals surface area (Å²) in [6, 6.07) is 11.7. The van der Waals surface area contributed by atoms with E-state index in [0.717, 1.165) is 34.3 Å². The van der Waals surface area contributed by atoms with Gasteiger partial charge in [0, 0.05) is 33.7 Å². The Morgan fingerprint density at radius 3 is 2.93 bits per heavy atom. The average molecular weight is 427 g/mol. The molecule has 0 radical (unpaired) electrons. The van der Waals surface area contributed by atoms with Crippen LogP contribution < -0.4 is 10.6 Å². The summed E-state index contributed by atoms with van der Waals surface area (Å²) in [6.07, 6.45) is 6.80. The van der Waals surface area contributed by atoms with Gasteiger partial charge in [-0.2, -0.15) is 0 Å². The SMILES string of the molecule is CCCC(=O)Nc1ccc2c(c1)C1C=CCC1C(c1cc(Br)ccc1O)N2. The fourth-order valence-corrected chi connectivity index (χ4v) is 4.58. The molecule has 1 heterocycles. The summed E-state index contributed by atoms with van der Waals surface area (Å²) in [4.78, 5) is 11.9. The highest BCUT2D eigenvalue weighted by Gasteiger charge is 2.39. The van der Waals surface area contributed by atoms with E-state index in [4.69, 9.17) is 0 Å². The lowest BCUT2D eigenvalue weighted by molar-refractivity contribution is -0.116. The molecule has 27 heavy (non-hydrogen) atoms. The highest BCUT2D eigenvalue weighted by atomic mass is 79.9. The first-order valence-electron chi connectivity index (χ1n) is 9.42. The molecule has 1 aliphatic heterocycles. The molecule has 3 unspecified atom stereocenters. The molecule has 2 aromatic rings. The summed E-state index contributed by atoms with van der Waals surface area (Å²) in [5.74, 6) is 0.969. The smallest absolute Gasteiger partial charge is 0.224 e. The number of fused-ring (bicyclic) bond motifs is 3. The number of amides is 1. The molecule has 4 nitrogen and oxygen atoms in total. The second-order valence-electron chi connectivity index (χ2n) is 7.28. The zero-order chi connectivity index (χ0) is 19.0. The highest BCUT2D eigenvalue weighted by molar-refractivity contribution is 9.10. The topological polar surface area (TPSA) is 61.4 Å². The number of allylic oxidation sites excluding steroid dienone is 2. The Balaban J connectivity index is 1.68. The van der Waals surface area contributed by atoms with Gasteiger partial charge in [0.1, 0.15) is 5.75 Å². The Kier molecular flexibility index (Phi) is 4.96. The van der Waals surface area contributed by atoms with Gasteiger partial charge in [-0.15, -0.1) is 0 Å². The first-order chi connectivity index (χ1) is 13.1. The van der Waals surface area contributed by atoms with E-state index in [1.165, 1.54) is 5.56 Å². The van der Waals surface area contributed by atoms with Crippen LogP contribution in [0.2, 0.25) is 0 Å².